The molecule has 2 unspecified atom stereocenters. The van der Waals surface area contributed by atoms with Crippen LogP contribution in [0, 0.1) is 5.92 Å². The molecule has 1 saturated heterocycles. The third-order valence-corrected chi connectivity index (χ3v) is 4.23. The highest BCUT2D eigenvalue weighted by atomic mass is 16.1. The van der Waals surface area contributed by atoms with Crippen molar-refractivity contribution in [3.8, 4) is 0 Å². The van der Waals surface area contributed by atoms with E-state index in [2.05, 4.69) is 24.8 Å². The molecule has 2 aliphatic rings. The average Bonchev–Trinajstić information content (AvgIpc) is 2.92. The summed E-state index contributed by atoms with van der Waals surface area (Å²) in [6, 6.07) is 4.78. The fourth-order valence-corrected chi connectivity index (χ4v) is 3.31. The van der Waals surface area contributed by atoms with Gasteiger partial charge in [-0.3, -0.25) is 9.69 Å². The average molecular weight is 244 g/mol. The molecule has 0 radical (unpaired) electrons. The van der Waals surface area contributed by atoms with Gasteiger partial charge in [0.2, 0.25) is 5.56 Å². The van der Waals surface area contributed by atoms with Gasteiger partial charge < -0.3 is 4.57 Å². The lowest BCUT2D eigenvalue weighted by molar-refractivity contribution is 0.231. The van der Waals surface area contributed by atoms with Crippen molar-refractivity contribution >= 4 is 5.57 Å². The summed E-state index contributed by atoms with van der Waals surface area (Å²) in [6.45, 7) is 5.72. The van der Waals surface area contributed by atoms with Crippen LogP contribution < -0.4 is 5.56 Å². The van der Waals surface area contributed by atoms with Crippen LogP contribution in [0.4, 0.5) is 0 Å². The first-order chi connectivity index (χ1) is 8.56. The van der Waals surface area contributed by atoms with Gasteiger partial charge in [-0.05, 0) is 43.4 Å². The molecule has 2 atom stereocenters. The normalized spacial score (nSPS) is 27.0. The summed E-state index contributed by atoms with van der Waals surface area (Å²) in [6.07, 6.45) is 5.62. The molecule has 96 valence electrons. The Morgan fingerprint density at radius 2 is 2.11 bits per heavy atom. The van der Waals surface area contributed by atoms with Crippen LogP contribution in [0.2, 0.25) is 0 Å². The third kappa shape index (κ3) is 1.74. The van der Waals surface area contributed by atoms with Gasteiger partial charge in [0, 0.05) is 37.9 Å². The first-order valence-electron chi connectivity index (χ1n) is 6.71. The first kappa shape index (κ1) is 11.7. The van der Waals surface area contributed by atoms with E-state index < -0.39 is 0 Å². The Bertz CT molecular complexity index is 556. The molecular weight excluding hydrogens is 224 g/mol. The first-order valence-corrected chi connectivity index (χ1v) is 6.71. The molecule has 18 heavy (non-hydrogen) atoms. The van der Waals surface area contributed by atoms with Crippen LogP contribution in [0.5, 0.6) is 0 Å². The SMILES string of the molecule is CC(C)N1CC2C=C(c3ccc(=O)n(C)c3)C1C2. The van der Waals surface area contributed by atoms with Gasteiger partial charge in [-0.15, -0.1) is 0 Å². The van der Waals surface area contributed by atoms with E-state index in [1.165, 1.54) is 24.1 Å². The molecule has 1 fully saturated rings. The van der Waals surface area contributed by atoms with Crippen LogP contribution in [-0.2, 0) is 7.05 Å². The quantitative estimate of drug-likeness (QED) is 0.793. The van der Waals surface area contributed by atoms with Crippen molar-refractivity contribution in [2.75, 3.05) is 6.54 Å². The minimum atomic E-state index is 0.0585. The zero-order valence-corrected chi connectivity index (χ0v) is 11.3. The minimum Gasteiger partial charge on any atom is -0.318 e. The fraction of sp³-hybridized carbons (Fsp3) is 0.533. The summed E-state index contributed by atoms with van der Waals surface area (Å²) < 4.78 is 1.67. The van der Waals surface area contributed by atoms with Gasteiger partial charge in [0.15, 0.2) is 0 Å². The van der Waals surface area contributed by atoms with E-state index in [0.717, 1.165) is 0 Å². The number of aryl methyl sites for hydroxylation is 1. The predicted molar refractivity (Wildman–Crippen MR) is 73.4 cm³/mol. The van der Waals surface area contributed by atoms with Crippen molar-refractivity contribution < 1.29 is 0 Å². The molecule has 1 aromatic heterocycles. The molecule has 1 aliphatic carbocycles. The van der Waals surface area contributed by atoms with Crippen molar-refractivity contribution in [3.63, 3.8) is 0 Å². The van der Waals surface area contributed by atoms with Gasteiger partial charge in [0.1, 0.15) is 0 Å². The van der Waals surface area contributed by atoms with Crippen molar-refractivity contribution in [3.05, 3.63) is 40.3 Å². The lowest BCUT2D eigenvalue weighted by Gasteiger charge is -2.31. The smallest absolute Gasteiger partial charge is 0.250 e. The lowest BCUT2D eigenvalue weighted by Crippen LogP contribution is -2.37. The monoisotopic (exact) mass is 244 g/mol. The van der Waals surface area contributed by atoms with Crippen LogP contribution in [0.15, 0.2) is 29.2 Å². The number of likely N-dealkylation sites (tertiary alicyclic amines) is 1. The molecule has 3 rings (SSSR count). The second-order valence-electron chi connectivity index (χ2n) is 5.79. The second-order valence-corrected chi connectivity index (χ2v) is 5.79. The van der Waals surface area contributed by atoms with Crippen LogP contribution in [0.25, 0.3) is 5.57 Å². The molecular formula is C15H20N2O. The maximum atomic E-state index is 11.5. The molecule has 3 heteroatoms. The summed E-state index contributed by atoms with van der Waals surface area (Å²) in [7, 11) is 1.82. The van der Waals surface area contributed by atoms with Crippen molar-refractivity contribution in [2.45, 2.75) is 32.4 Å². The Morgan fingerprint density at radius 1 is 1.33 bits per heavy atom. The van der Waals surface area contributed by atoms with Crippen molar-refractivity contribution in [1.29, 1.82) is 0 Å². The fourth-order valence-electron chi connectivity index (χ4n) is 3.31. The minimum absolute atomic E-state index is 0.0585. The zero-order chi connectivity index (χ0) is 12.9. The van der Waals surface area contributed by atoms with Gasteiger partial charge in [-0.2, -0.15) is 0 Å². The molecule has 0 saturated carbocycles. The maximum absolute atomic E-state index is 11.5. The summed E-state index contributed by atoms with van der Waals surface area (Å²) in [4.78, 5) is 14.0. The topological polar surface area (TPSA) is 25.2 Å². The lowest BCUT2D eigenvalue weighted by atomic mass is 10.0. The third-order valence-electron chi connectivity index (χ3n) is 4.23. The largest absolute Gasteiger partial charge is 0.318 e. The molecule has 1 aromatic rings. The Labute approximate surface area is 108 Å². The number of aromatic nitrogens is 1. The summed E-state index contributed by atoms with van der Waals surface area (Å²) in [5, 5.41) is 0. The van der Waals surface area contributed by atoms with E-state index in [-0.39, 0.29) is 5.56 Å². The molecule has 2 heterocycles. The molecule has 3 nitrogen and oxygen atoms in total. The van der Waals surface area contributed by atoms with Crippen LogP contribution in [-0.4, -0.2) is 28.1 Å². The standard InChI is InChI=1S/C15H20N2O/c1-10(2)17-8-11-6-13(14(17)7-11)12-4-5-15(18)16(3)9-12/h4-6,9-11,14H,7-8H2,1-3H3. The Kier molecular flexibility index (Phi) is 2.67. The van der Waals surface area contributed by atoms with Crippen molar-refractivity contribution in [2.24, 2.45) is 13.0 Å². The summed E-state index contributed by atoms with van der Waals surface area (Å²) in [5.74, 6) is 0.699. The van der Waals surface area contributed by atoms with Gasteiger partial charge >= 0.3 is 0 Å². The van der Waals surface area contributed by atoms with E-state index in [1.807, 2.05) is 19.3 Å². The predicted octanol–water partition coefficient (Wildman–Crippen LogP) is 1.88. The zero-order valence-electron chi connectivity index (χ0n) is 11.3. The molecule has 0 N–H and O–H groups in total. The summed E-state index contributed by atoms with van der Waals surface area (Å²) >= 11 is 0. The number of hydrogen-bond donors (Lipinski definition) is 0. The molecule has 0 amide bonds. The molecule has 1 aliphatic heterocycles. The van der Waals surface area contributed by atoms with E-state index in [4.69, 9.17) is 0 Å². The molecule has 2 bridgehead atoms. The van der Waals surface area contributed by atoms with Gasteiger partial charge in [0.05, 0.1) is 0 Å². The van der Waals surface area contributed by atoms with Gasteiger partial charge in [-0.1, -0.05) is 6.08 Å². The van der Waals surface area contributed by atoms with E-state index in [1.54, 1.807) is 10.6 Å². The molecule has 0 aromatic carbocycles. The van der Waals surface area contributed by atoms with E-state index in [9.17, 15) is 4.79 Å². The Hall–Kier alpha value is -1.35. The van der Waals surface area contributed by atoms with E-state index in [0.29, 0.717) is 18.0 Å². The van der Waals surface area contributed by atoms with Gasteiger partial charge in [0.25, 0.3) is 0 Å². The number of nitrogens with zero attached hydrogens (tertiary/aromatic N) is 2. The van der Waals surface area contributed by atoms with Crippen molar-refractivity contribution in [1.82, 2.24) is 9.47 Å². The maximum Gasteiger partial charge on any atom is 0.250 e. The van der Waals surface area contributed by atoms with Crippen LogP contribution in [0.3, 0.4) is 0 Å². The highest BCUT2D eigenvalue weighted by Crippen LogP contribution is 2.42. The van der Waals surface area contributed by atoms with Gasteiger partial charge in [-0.25, -0.2) is 0 Å². The van der Waals surface area contributed by atoms with Crippen LogP contribution >= 0.6 is 0 Å². The number of hydrogen-bond acceptors (Lipinski definition) is 2. The second kappa shape index (κ2) is 4.09. The summed E-state index contributed by atoms with van der Waals surface area (Å²) in [5.41, 5.74) is 2.67. The number of fused-ring (bicyclic) bond motifs is 2. The number of rotatable bonds is 2. The number of pyridine rings is 1. The Morgan fingerprint density at radius 3 is 2.72 bits per heavy atom. The highest BCUT2D eigenvalue weighted by Gasteiger charge is 2.40. The van der Waals surface area contributed by atoms with Crippen LogP contribution in [0.1, 0.15) is 25.8 Å². The van der Waals surface area contributed by atoms with E-state index >= 15 is 0 Å². The molecule has 0 spiro atoms. The highest BCUT2D eigenvalue weighted by molar-refractivity contribution is 5.72. The Balaban J connectivity index is 1.96.